The fraction of sp³-hybridized carbons (Fsp3) is 0.429. The van der Waals surface area contributed by atoms with Crippen molar-refractivity contribution in [2.24, 2.45) is 0 Å². The molecule has 4 heteroatoms. The highest BCUT2D eigenvalue weighted by molar-refractivity contribution is 5.57. The number of nitrogens with one attached hydrogen (secondary N) is 2. The van der Waals surface area contributed by atoms with Gasteiger partial charge in [0.1, 0.15) is 0 Å². The van der Waals surface area contributed by atoms with E-state index in [0.29, 0.717) is 12.2 Å². The summed E-state index contributed by atoms with van der Waals surface area (Å²) in [6, 6.07) is 13.2. The first-order valence-electron chi connectivity index (χ1n) is 9.08. The molecule has 0 aliphatic carbocycles. The minimum atomic E-state index is 0.401. The zero-order valence-corrected chi connectivity index (χ0v) is 15.0. The molecule has 2 unspecified atom stereocenters. The second kappa shape index (κ2) is 7.06. The first kappa shape index (κ1) is 16.4. The summed E-state index contributed by atoms with van der Waals surface area (Å²) >= 11 is 0. The van der Waals surface area contributed by atoms with E-state index in [1.807, 2.05) is 0 Å². The zero-order valence-electron chi connectivity index (χ0n) is 15.0. The lowest BCUT2D eigenvalue weighted by atomic mass is 9.96. The number of rotatable bonds is 8. The maximum atomic E-state index is 5.27. The van der Waals surface area contributed by atoms with Gasteiger partial charge in [0.05, 0.1) is 25.4 Å². The molecule has 132 valence electrons. The van der Waals surface area contributed by atoms with Gasteiger partial charge >= 0.3 is 0 Å². The van der Waals surface area contributed by atoms with Gasteiger partial charge in [-0.1, -0.05) is 18.2 Å². The zero-order chi connectivity index (χ0) is 17.2. The maximum Gasteiger partial charge on any atom is 0.0981 e. The SMILES string of the molecule is Cc1c(Cc2ccc(NCC3CO3)cc2)ccc(NCC2CO2)c1C. The van der Waals surface area contributed by atoms with Crippen molar-refractivity contribution in [3.63, 3.8) is 0 Å². The summed E-state index contributed by atoms with van der Waals surface area (Å²) in [6.07, 6.45) is 1.77. The molecule has 2 fully saturated rings. The third-order valence-corrected chi connectivity index (χ3v) is 5.11. The molecule has 0 bridgehead atoms. The summed E-state index contributed by atoms with van der Waals surface area (Å²) < 4.78 is 10.5. The molecule has 0 aromatic heterocycles. The Morgan fingerprint density at radius 2 is 1.48 bits per heavy atom. The standard InChI is InChI=1S/C21H26N2O2/c1-14-15(2)21(23-11-20-13-25-20)8-5-17(14)9-16-3-6-18(7-4-16)22-10-19-12-24-19/h3-8,19-20,22-23H,9-13H2,1-2H3. The number of benzene rings is 2. The summed E-state index contributed by atoms with van der Waals surface area (Å²) in [6.45, 7) is 8.00. The Labute approximate surface area is 149 Å². The predicted octanol–water partition coefficient (Wildman–Crippen LogP) is 3.52. The Kier molecular flexibility index (Phi) is 4.64. The normalized spacial score (nSPS) is 21.0. The fourth-order valence-corrected chi connectivity index (χ4v) is 3.05. The molecule has 4 rings (SSSR count). The second-order valence-corrected chi connectivity index (χ2v) is 7.07. The Hall–Kier alpha value is -2.04. The largest absolute Gasteiger partial charge is 0.382 e. The summed E-state index contributed by atoms with van der Waals surface area (Å²) in [5.74, 6) is 0. The van der Waals surface area contributed by atoms with E-state index in [2.05, 4.69) is 60.9 Å². The Balaban J connectivity index is 1.39. The lowest BCUT2D eigenvalue weighted by Crippen LogP contribution is -2.09. The van der Waals surface area contributed by atoms with Crippen molar-refractivity contribution in [1.82, 2.24) is 0 Å². The average Bonchev–Trinajstić information content (AvgIpc) is 3.52. The Morgan fingerprint density at radius 3 is 2.12 bits per heavy atom. The maximum absolute atomic E-state index is 5.27. The van der Waals surface area contributed by atoms with Crippen LogP contribution in [-0.4, -0.2) is 38.5 Å². The highest BCUT2D eigenvalue weighted by Gasteiger charge is 2.22. The second-order valence-electron chi connectivity index (χ2n) is 7.07. The molecular weight excluding hydrogens is 312 g/mol. The number of epoxide rings is 2. The van der Waals surface area contributed by atoms with Gasteiger partial charge in [0.15, 0.2) is 0 Å². The van der Waals surface area contributed by atoms with E-state index in [9.17, 15) is 0 Å². The predicted molar refractivity (Wildman–Crippen MR) is 102 cm³/mol. The van der Waals surface area contributed by atoms with Crippen molar-refractivity contribution in [3.8, 4) is 0 Å². The van der Waals surface area contributed by atoms with Gasteiger partial charge in [-0.15, -0.1) is 0 Å². The molecule has 2 aromatic rings. The van der Waals surface area contributed by atoms with Crippen LogP contribution in [0.5, 0.6) is 0 Å². The number of anilines is 2. The fourth-order valence-electron chi connectivity index (χ4n) is 3.05. The molecule has 2 aromatic carbocycles. The van der Waals surface area contributed by atoms with Crippen molar-refractivity contribution in [3.05, 3.63) is 58.7 Å². The van der Waals surface area contributed by atoms with Gasteiger partial charge in [0.2, 0.25) is 0 Å². The van der Waals surface area contributed by atoms with Crippen molar-refractivity contribution < 1.29 is 9.47 Å². The van der Waals surface area contributed by atoms with Crippen LogP contribution in [-0.2, 0) is 15.9 Å². The summed E-state index contributed by atoms with van der Waals surface area (Å²) in [4.78, 5) is 0. The molecule has 2 N–H and O–H groups in total. The quantitative estimate of drug-likeness (QED) is 0.723. The van der Waals surface area contributed by atoms with Gasteiger partial charge in [-0.2, -0.15) is 0 Å². The molecule has 25 heavy (non-hydrogen) atoms. The van der Waals surface area contributed by atoms with Crippen LogP contribution >= 0.6 is 0 Å². The van der Waals surface area contributed by atoms with Gasteiger partial charge in [0.25, 0.3) is 0 Å². The monoisotopic (exact) mass is 338 g/mol. The lowest BCUT2D eigenvalue weighted by molar-refractivity contribution is 0.416. The van der Waals surface area contributed by atoms with Crippen molar-refractivity contribution in [2.75, 3.05) is 36.9 Å². The van der Waals surface area contributed by atoms with Gasteiger partial charge in [-0.05, 0) is 60.7 Å². The van der Waals surface area contributed by atoms with Crippen molar-refractivity contribution in [1.29, 1.82) is 0 Å². The molecular formula is C21H26N2O2. The van der Waals surface area contributed by atoms with Crippen LogP contribution in [0.1, 0.15) is 22.3 Å². The van der Waals surface area contributed by atoms with Gasteiger partial charge in [-0.3, -0.25) is 0 Å². The molecule has 2 heterocycles. The summed E-state index contributed by atoms with van der Waals surface area (Å²) in [5, 5.41) is 6.91. The first-order chi connectivity index (χ1) is 12.2. The molecule has 0 saturated carbocycles. The van der Waals surface area contributed by atoms with Crippen LogP contribution in [0.2, 0.25) is 0 Å². The van der Waals surface area contributed by atoms with Crippen LogP contribution < -0.4 is 10.6 Å². The topological polar surface area (TPSA) is 49.1 Å². The molecule has 0 amide bonds. The van der Waals surface area contributed by atoms with Crippen LogP contribution in [0.4, 0.5) is 11.4 Å². The van der Waals surface area contributed by atoms with Gasteiger partial charge in [0, 0.05) is 24.5 Å². The molecule has 4 nitrogen and oxygen atoms in total. The van der Waals surface area contributed by atoms with Crippen molar-refractivity contribution >= 4 is 11.4 Å². The van der Waals surface area contributed by atoms with E-state index in [-0.39, 0.29) is 0 Å². The van der Waals surface area contributed by atoms with Crippen LogP contribution in [0.15, 0.2) is 36.4 Å². The van der Waals surface area contributed by atoms with Gasteiger partial charge < -0.3 is 20.1 Å². The Bertz CT molecular complexity index is 734. The summed E-state index contributed by atoms with van der Waals surface area (Å²) in [5.41, 5.74) is 7.81. The third kappa shape index (κ3) is 4.33. The molecule has 2 aliphatic rings. The lowest BCUT2D eigenvalue weighted by Gasteiger charge is -2.15. The van der Waals surface area contributed by atoms with E-state index in [4.69, 9.17) is 9.47 Å². The molecule has 0 radical (unpaired) electrons. The molecule has 2 aliphatic heterocycles. The smallest absolute Gasteiger partial charge is 0.0981 e. The van der Waals surface area contributed by atoms with E-state index in [0.717, 1.165) is 38.4 Å². The van der Waals surface area contributed by atoms with Crippen LogP contribution in [0.3, 0.4) is 0 Å². The van der Waals surface area contributed by atoms with Gasteiger partial charge in [-0.25, -0.2) is 0 Å². The highest BCUT2D eigenvalue weighted by atomic mass is 16.6. The average molecular weight is 338 g/mol. The third-order valence-electron chi connectivity index (χ3n) is 5.11. The van der Waals surface area contributed by atoms with Crippen LogP contribution in [0, 0.1) is 13.8 Å². The van der Waals surface area contributed by atoms with E-state index >= 15 is 0 Å². The van der Waals surface area contributed by atoms with Crippen LogP contribution in [0.25, 0.3) is 0 Å². The van der Waals surface area contributed by atoms with E-state index in [1.165, 1.54) is 27.9 Å². The first-order valence-corrected chi connectivity index (χ1v) is 9.08. The number of hydrogen-bond acceptors (Lipinski definition) is 4. The summed E-state index contributed by atoms with van der Waals surface area (Å²) in [7, 11) is 0. The molecule has 2 saturated heterocycles. The minimum Gasteiger partial charge on any atom is -0.382 e. The Morgan fingerprint density at radius 1 is 0.840 bits per heavy atom. The number of ether oxygens (including phenoxy) is 2. The molecule has 2 atom stereocenters. The van der Waals surface area contributed by atoms with Crippen molar-refractivity contribution in [2.45, 2.75) is 32.5 Å². The highest BCUT2D eigenvalue weighted by Crippen LogP contribution is 2.25. The number of hydrogen-bond donors (Lipinski definition) is 2. The van der Waals surface area contributed by atoms with E-state index < -0.39 is 0 Å². The minimum absolute atomic E-state index is 0.401. The van der Waals surface area contributed by atoms with E-state index in [1.54, 1.807) is 0 Å². The molecule has 0 spiro atoms.